The van der Waals surface area contributed by atoms with Crippen molar-refractivity contribution in [2.24, 2.45) is 0 Å². The van der Waals surface area contributed by atoms with Gasteiger partial charge in [-0.2, -0.15) is 8.42 Å². The van der Waals surface area contributed by atoms with Gasteiger partial charge in [0, 0.05) is 4.88 Å². The molecule has 0 N–H and O–H groups in total. The molecule has 2 aromatic rings. The molecule has 0 atom stereocenters. The quantitative estimate of drug-likeness (QED) is 0.641. The summed E-state index contributed by atoms with van der Waals surface area (Å²) in [7, 11) is -2.62. The third-order valence-corrected chi connectivity index (χ3v) is 5.12. The van der Waals surface area contributed by atoms with Crippen LogP contribution < -0.4 is 4.18 Å². The Bertz CT molecular complexity index is 731. The molecule has 1 heterocycles. The number of esters is 1. The zero-order valence-electron chi connectivity index (χ0n) is 10.8. The van der Waals surface area contributed by atoms with Gasteiger partial charge in [0.25, 0.3) is 0 Å². The second-order valence-corrected chi connectivity index (χ2v) is 6.98. The minimum absolute atomic E-state index is 0.0685. The van der Waals surface area contributed by atoms with E-state index in [1.165, 1.54) is 37.4 Å². The van der Waals surface area contributed by atoms with E-state index in [4.69, 9.17) is 4.18 Å². The highest BCUT2D eigenvalue weighted by atomic mass is 32.3. The Morgan fingerprint density at radius 1 is 1.20 bits per heavy atom. The molecule has 0 bridgehead atoms. The number of hydrogen-bond acceptors (Lipinski definition) is 6. The van der Waals surface area contributed by atoms with Crippen molar-refractivity contribution in [3.8, 4) is 5.75 Å². The molecule has 0 radical (unpaired) electrons. The number of carbonyl (C=O) groups excluding carboxylic acids is 1. The van der Waals surface area contributed by atoms with Gasteiger partial charge in [-0.15, -0.1) is 11.3 Å². The molecule has 2 rings (SSSR count). The molecule has 0 saturated carbocycles. The highest BCUT2D eigenvalue weighted by Crippen LogP contribution is 2.25. The average Bonchev–Trinajstić information content (AvgIpc) is 2.85. The number of hydrogen-bond donors (Lipinski definition) is 0. The molecule has 1 aromatic carbocycles. The minimum atomic E-state index is -3.88. The molecule has 7 heteroatoms. The summed E-state index contributed by atoms with van der Waals surface area (Å²) in [5.41, 5.74) is 0.225. The zero-order valence-corrected chi connectivity index (χ0v) is 12.5. The van der Waals surface area contributed by atoms with Crippen LogP contribution in [-0.4, -0.2) is 21.5 Å². The molecule has 0 saturated heterocycles. The van der Waals surface area contributed by atoms with Crippen molar-refractivity contribution in [2.45, 2.75) is 11.1 Å². The predicted octanol–water partition coefficient (Wildman–Crippen LogP) is 2.61. The van der Waals surface area contributed by atoms with Gasteiger partial charge in [-0.3, -0.25) is 0 Å². The lowest BCUT2D eigenvalue weighted by molar-refractivity contribution is 0.0600. The first-order valence-electron chi connectivity index (χ1n) is 5.62. The fourth-order valence-corrected chi connectivity index (χ4v) is 3.67. The molecule has 1 aromatic heterocycles. The molecule has 0 aliphatic rings. The van der Waals surface area contributed by atoms with Gasteiger partial charge in [-0.1, -0.05) is 6.07 Å². The Morgan fingerprint density at radius 2 is 1.95 bits per heavy atom. The number of ether oxygens (including phenoxy) is 1. The number of benzene rings is 1. The molecule has 0 aliphatic carbocycles. The first kappa shape index (κ1) is 14.5. The Kier molecular flexibility index (Phi) is 4.10. The lowest BCUT2D eigenvalue weighted by Crippen LogP contribution is -2.09. The van der Waals surface area contributed by atoms with Crippen molar-refractivity contribution in [2.75, 3.05) is 7.11 Å². The van der Waals surface area contributed by atoms with Crippen molar-refractivity contribution in [3.63, 3.8) is 0 Å². The smallest absolute Gasteiger partial charge is 0.348 e. The molecule has 20 heavy (non-hydrogen) atoms. The van der Waals surface area contributed by atoms with Gasteiger partial charge in [0.05, 0.1) is 12.7 Å². The molecule has 106 valence electrons. The lowest BCUT2D eigenvalue weighted by Gasteiger charge is -2.06. The van der Waals surface area contributed by atoms with E-state index in [0.29, 0.717) is 0 Å². The fourth-order valence-electron chi connectivity index (χ4n) is 1.51. The van der Waals surface area contributed by atoms with Crippen LogP contribution in [0.3, 0.4) is 0 Å². The molecule has 5 nitrogen and oxygen atoms in total. The molecule has 0 spiro atoms. The van der Waals surface area contributed by atoms with Crippen LogP contribution in [0.5, 0.6) is 5.75 Å². The second kappa shape index (κ2) is 5.64. The van der Waals surface area contributed by atoms with Crippen LogP contribution in [0.2, 0.25) is 0 Å². The van der Waals surface area contributed by atoms with Gasteiger partial charge in [-0.05, 0) is 37.3 Å². The van der Waals surface area contributed by atoms with Crippen LogP contribution in [0, 0.1) is 6.92 Å². The van der Waals surface area contributed by atoms with Crippen molar-refractivity contribution >= 4 is 27.4 Å². The Labute approximate surface area is 120 Å². The van der Waals surface area contributed by atoms with E-state index >= 15 is 0 Å². The summed E-state index contributed by atoms with van der Waals surface area (Å²) >= 11 is 1.12. The highest BCUT2D eigenvalue weighted by Gasteiger charge is 2.19. The van der Waals surface area contributed by atoms with Gasteiger partial charge in [0.15, 0.2) is 4.21 Å². The van der Waals surface area contributed by atoms with Crippen LogP contribution in [-0.2, 0) is 14.9 Å². The van der Waals surface area contributed by atoms with Crippen LogP contribution in [0.25, 0.3) is 0 Å². The van der Waals surface area contributed by atoms with E-state index < -0.39 is 16.1 Å². The Balaban J connectivity index is 2.28. The number of carbonyl (C=O) groups is 1. The first-order chi connectivity index (χ1) is 9.42. The highest BCUT2D eigenvalue weighted by molar-refractivity contribution is 7.89. The standard InChI is InChI=1S/C13H12O5S2/c1-9-6-7-12(19-9)20(15,16)18-11-5-3-4-10(8-11)13(14)17-2/h3-8H,1-2H3. The maximum absolute atomic E-state index is 12.0. The minimum Gasteiger partial charge on any atom is -0.465 e. The van der Waals surface area contributed by atoms with Crippen LogP contribution in [0.1, 0.15) is 15.2 Å². The maximum atomic E-state index is 12.0. The molecular formula is C13H12O5S2. The topological polar surface area (TPSA) is 69.7 Å². The Hall–Kier alpha value is -1.86. The van der Waals surface area contributed by atoms with Gasteiger partial charge >= 0.3 is 16.1 Å². The van der Waals surface area contributed by atoms with Gasteiger partial charge in [0.1, 0.15) is 5.75 Å². The van der Waals surface area contributed by atoms with Gasteiger partial charge in [0.2, 0.25) is 0 Å². The molecule has 0 fully saturated rings. The van der Waals surface area contributed by atoms with E-state index in [1.54, 1.807) is 6.07 Å². The zero-order chi connectivity index (χ0) is 14.8. The normalized spacial score (nSPS) is 11.1. The molecular weight excluding hydrogens is 300 g/mol. The molecule has 0 amide bonds. The number of rotatable bonds is 4. The summed E-state index contributed by atoms with van der Waals surface area (Å²) in [4.78, 5) is 12.3. The van der Waals surface area contributed by atoms with Crippen LogP contribution in [0.15, 0.2) is 40.6 Å². The largest absolute Gasteiger partial charge is 0.465 e. The second-order valence-electron chi connectivity index (χ2n) is 3.92. The number of thiophene rings is 1. The Morgan fingerprint density at radius 3 is 2.55 bits per heavy atom. The lowest BCUT2D eigenvalue weighted by atomic mass is 10.2. The molecule has 0 aliphatic heterocycles. The summed E-state index contributed by atoms with van der Waals surface area (Å²) in [5, 5.41) is 0. The van der Waals surface area contributed by atoms with Crippen molar-refractivity contribution in [3.05, 3.63) is 46.8 Å². The summed E-state index contributed by atoms with van der Waals surface area (Å²) in [6.07, 6.45) is 0. The van der Waals surface area contributed by atoms with Gasteiger partial charge < -0.3 is 8.92 Å². The van der Waals surface area contributed by atoms with E-state index in [9.17, 15) is 13.2 Å². The first-order valence-corrected chi connectivity index (χ1v) is 7.84. The predicted molar refractivity (Wildman–Crippen MR) is 74.7 cm³/mol. The van der Waals surface area contributed by atoms with Crippen molar-refractivity contribution in [1.82, 2.24) is 0 Å². The van der Waals surface area contributed by atoms with Crippen LogP contribution in [0.4, 0.5) is 0 Å². The van der Waals surface area contributed by atoms with E-state index in [0.717, 1.165) is 16.2 Å². The van der Waals surface area contributed by atoms with E-state index in [-0.39, 0.29) is 15.5 Å². The van der Waals surface area contributed by atoms with E-state index in [1.807, 2.05) is 6.92 Å². The van der Waals surface area contributed by atoms with Crippen molar-refractivity contribution < 1.29 is 22.1 Å². The number of methoxy groups -OCH3 is 1. The maximum Gasteiger partial charge on any atom is 0.348 e. The van der Waals surface area contributed by atoms with Gasteiger partial charge in [-0.25, -0.2) is 4.79 Å². The van der Waals surface area contributed by atoms with Crippen molar-refractivity contribution in [1.29, 1.82) is 0 Å². The summed E-state index contributed by atoms with van der Waals surface area (Å²) in [6, 6.07) is 9.01. The SMILES string of the molecule is COC(=O)c1cccc(OS(=O)(=O)c2ccc(C)s2)c1. The number of aryl methyl sites for hydroxylation is 1. The third-order valence-electron chi connectivity index (χ3n) is 2.42. The third kappa shape index (κ3) is 3.17. The monoisotopic (exact) mass is 312 g/mol. The average molecular weight is 312 g/mol. The van der Waals surface area contributed by atoms with Crippen LogP contribution >= 0.6 is 11.3 Å². The molecule has 0 unspecified atom stereocenters. The van der Waals surface area contributed by atoms with E-state index in [2.05, 4.69) is 4.74 Å². The summed E-state index contributed by atoms with van der Waals surface area (Å²) in [5.74, 6) is -0.487. The summed E-state index contributed by atoms with van der Waals surface area (Å²) in [6.45, 7) is 1.81. The fraction of sp³-hybridized carbons (Fsp3) is 0.154. The summed E-state index contributed by atoms with van der Waals surface area (Å²) < 4.78 is 33.8.